The number of unbranched alkanes of at least 4 members (excludes halogenated alkanes) is 2. The SMILES string of the molecule is CCCCCP(C)(C)(O)O. The van der Waals surface area contributed by atoms with Crippen LogP contribution >= 0.6 is 7.06 Å². The Bertz CT molecular complexity index is 94.7. The first-order valence-electron chi connectivity index (χ1n) is 3.82. The third-order valence-electron chi connectivity index (χ3n) is 1.41. The second-order valence-electron chi connectivity index (χ2n) is 3.68. The van der Waals surface area contributed by atoms with E-state index < -0.39 is 7.06 Å². The molecule has 0 aliphatic heterocycles. The molecule has 0 saturated heterocycles. The monoisotopic (exact) mass is 166 g/mol. The first-order chi connectivity index (χ1) is 4.31. The van der Waals surface area contributed by atoms with E-state index in [2.05, 4.69) is 6.92 Å². The van der Waals surface area contributed by atoms with Crippen LogP contribution in [0.3, 0.4) is 0 Å². The van der Waals surface area contributed by atoms with E-state index in [0.717, 1.165) is 19.3 Å². The number of rotatable bonds is 4. The first kappa shape index (κ1) is 10.3. The van der Waals surface area contributed by atoms with Gasteiger partial charge in [-0.05, 0) is 0 Å². The molecular weight excluding hydrogens is 147 g/mol. The molecule has 0 rings (SSSR count). The predicted molar refractivity (Wildman–Crippen MR) is 47.6 cm³/mol. The minimum absolute atomic E-state index is 0.583. The van der Waals surface area contributed by atoms with Crippen LogP contribution in [0.1, 0.15) is 26.2 Å². The zero-order chi connectivity index (χ0) is 8.28. The van der Waals surface area contributed by atoms with Gasteiger partial charge in [-0.1, -0.05) is 0 Å². The summed E-state index contributed by atoms with van der Waals surface area (Å²) >= 11 is 0. The summed E-state index contributed by atoms with van der Waals surface area (Å²) in [6.07, 6.45) is 3.75. The molecule has 10 heavy (non-hydrogen) atoms. The fourth-order valence-electron chi connectivity index (χ4n) is 0.819. The van der Waals surface area contributed by atoms with E-state index in [1.54, 1.807) is 13.3 Å². The van der Waals surface area contributed by atoms with Crippen molar-refractivity contribution in [2.24, 2.45) is 0 Å². The Morgan fingerprint density at radius 1 is 1.10 bits per heavy atom. The predicted octanol–water partition coefficient (Wildman–Crippen LogP) is 1.80. The molecule has 3 heteroatoms. The Kier molecular flexibility index (Phi) is 3.28. The summed E-state index contributed by atoms with van der Waals surface area (Å²) in [6, 6.07) is 0. The minimum atomic E-state index is -3.15. The van der Waals surface area contributed by atoms with Crippen molar-refractivity contribution in [1.82, 2.24) is 0 Å². The van der Waals surface area contributed by atoms with Crippen LogP contribution in [0.15, 0.2) is 0 Å². The van der Waals surface area contributed by atoms with Gasteiger partial charge in [0.25, 0.3) is 0 Å². The van der Waals surface area contributed by atoms with Crippen LogP contribution in [0.5, 0.6) is 0 Å². The molecule has 0 bridgehead atoms. The van der Waals surface area contributed by atoms with Crippen LogP contribution in [-0.4, -0.2) is 29.3 Å². The molecule has 64 valence electrons. The zero-order valence-electron chi connectivity index (χ0n) is 7.17. The third-order valence-corrected chi connectivity index (χ3v) is 3.02. The van der Waals surface area contributed by atoms with Gasteiger partial charge in [0.2, 0.25) is 0 Å². The van der Waals surface area contributed by atoms with Gasteiger partial charge in [-0.3, -0.25) is 0 Å². The van der Waals surface area contributed by atoms with Gasteiger partial charge >= 0.3 is 62.5 Å². The Hall–Kier alpha value is 0.350. The first-order valence-corrected chi connectivity index (χ1v) is 7.04. The van der Waals surface area contributed by atoms with E-state index in [0.29, 0.717) is 6.16 Å². The molecule has 2 N–H and O–H groups in total. The van der Waals surface area contributed by atoms with Crippen LogP contribution in [0.4, 0.5) is 0 Å². The maximum atomic E-state index is 9.40. The van der Waals surface area contributed by atoms with Gasteiger partial charge in [-0.2, -0.15) is 0 Å². The molecule has 0 spiro atoms. The van der Waals surface area contributed by atoms with Gasteiger partial charge in [0.15, 0.2) is 0 Å². The Morgan fingerprint density at radius 2 is 1.60 bits per heavy atom. The van der Waals surface area contributed by atoms with Gasteiger partial charge < -0.3 is 0 Å². The molecule has 2 nitrogen and oxygen atoms in total. The average molecular weight is 166 g/mol. The summed E-state index contributed by atoms with van der Waals surface area (Å²) in [7, 11) is -3.15. The van der Waals surface area contributed by atoms with Crippen molar-refractivity contribution in [3.63, 3.8) is 0 Å². The standard InChI is InChI=1S/C7H19O2P/c1-4-5-6-7-10(2,3,8)9/h8-9H,4-7H2,1-3H3. The molecule has 0 amide bonds. The van der Waals surface area contributed by atoms with E-state index in [4.69, 9.17) is 0 Å². The van der Waals surface area contributed by atoms with Gasteiger partial charge in [-0.15, -0.1) is 0 Å². The van der Waals surface area contributed by atoms with Gasteiger partial charge in [-0.25, -0.2) is 0 Å². The summed E-state index contributed by atoms with van der Waals surface area (Å²) < 4.78 is 0. The fraction of sp³-hybridized carbons (Fsp3) is 1.00. The van der Waals surface area contributed by atoms with Crippen LogP contribution in [0, 0.1) is 0 Å². The molecule has 0 aromatic heterocycles. The molecule has 0 saturated carbocycles. The zero-order valence-corrected chi connectivity index (χ0v) is 8.06. The Labute approximate surface area is 63.4 Å². The van der Waals surface area contributed by atoms with Gasteiger partial charge in [0.05, 0.1) is 0 Å². The van der Waals surface area contributed by atoms with Crippen molar-refractivity contribution in [2.45, 2.75) is 26.2 Å². The molecule has 0 radical (unpaired) electrons. The number of hydrogen-bond donors (Lipinski definition) is 2. The summed E-state index contributed by atoms with van der Waals surface area (Å²) in [6.45, 7) is 5.25. The van der Waals surface area contributed by atoms with Crippen LogP contribution in [-0.2, 0) is 0 Å². The van der Waals surface area contributed by atoms with E-state index in [-0.39, 0.29) is 0 Å². The van der Waals surface area contributed by atoms with Crippen molar-refractivity contribution >= 4 is 7.06 Å². The molecular formula is C7H19O2P. The van der Waals surface area contributed by atoms with Crippen molar-refractivity contribution < 1.29 is 9.79 Å². The number of hydrogen-bond acceptors (Lipinski definition) is 2. The van der Waals surface area contributed by atoms with E-state index in [1.165, 1.54) is 0 Å². The Balaban J connectivity index is 3.49. The summed E-state index contributed by atoms with van der Waals surface area (Å²) in [5, 5.41) is 0. The average Bonchev–Trinajstić information content (AvgIpc) is 1.61. The molecule has 0 fully saturated rings. The second kappa shape index (κ2) is 3.17. The summed E-state index contributed by atoms with van der Waals surface area (Å²) in [5.74, 6) is 0. The third kappa shape index (κ3) is 8.35. The molecule has 0 aromatic rings. The summed E-state index contributed by atoms with van der Waals surface area (Å²) in [5.41, 5.74) is 0. The van der Waals surface area contributed by atoms with E-state index in [1.807, 2.05) is 0 Å². The second-order valence-corrected chi connectivity index (χ2v) is 8.63. The van der Waals surface area contributed by atoms with Crippen molar-refractivity contribution in [3.8, 4) is 0 Å². The fourth-order valence-corrected chi connectivity index (χ4v) is 1.96. The Morgan fingerprint density at radius 3 is 1.90 bits per heavy atom. The van der Waals surface area contributed by atoms with Crippen molar-refractivity contribution in [3.05, 3.63) is 0 Å². The molecule has 0 aliphatic rings. The van der Waals surface area contributed by atoms with Gasteiger partial charge in [0, 0.05) is 0 Å². The topological polar surface area (TPSA) is 40.5 Å². The normalized spacial score (nSPS) is 16.3. The van der Waals surface area contributed by atoms with Crippen molar-refractivity contribution in [2.75, 3.05) is 19.5 Å². The molecule has 0 aliphatic carbocycles. The summed E-state index contributed by atoms with van der Waals surface area (Å²) in [4.78, 5) is 18.8. The van der Waals surface area contributed by atoms with E-state index >= 15 is 0 Å². The molecule has 0 atom stereocenters. The van der Waals surface area contributed by atoms with Crippen LogP contribution < -0.4 is 0 Å². The maximum absolute atomic E-state index is 9.40. The van der Waals surface area contributed by atoms with E-state index in [9.17, 15) is 9.79 Å². The molecule has 0 aromatic carbocycles. The molecule has 0 heterocycles. The van der Waals surface area contributed by atoms with Crippen LogP contribution in [0.25, 0.3) is 0 Å². The van der Waals surface area contributed by atoms with Crippen molar-refractivity contribution in [1.29, 1.82) is 0 Å². The molecule has 0 unspecified atom stereocenters. The van der Waals surface area contributed by atoms with Crippen LogP contribution in [0.2, 0.25) is 0 Å². The quantitative estimate of drug-likeness (QED) is 0.494. The van der Waals surface area contributed by atoms with Gasteiger partial charge in [0.1, 0.15) is 0 Å².